The zero-order chi connectivity index (χ0) is 22.7. The number of aliphatic hydroxyl groups excluding tert-OH is 4. The third-order valence-electron chi connectivity index (χ3n) is 6.12. The molecule has 7 nitrogen and oxygen atoms in total. The number of benzene rings is 1. The van der Waals surface area contributed by atoms with Gasteiger partial charge in [-0.1, -0.05) is 42.0 Å². The van der Waals surface area contributed by atoms with Crippen molar-refractivity contribution in [3.8, 4) is 0 Å². The Morgan fingerprint density at radius 1 is 1.03 bits per heavy atom. The van der Waals surface area contributed by atoms with Gasteiger partial charge in [0.1, 0.15) is 30.5 Å². The summed E-state index contributed by atoms with van der Waals surface area (Å²) in [6.07, 6.45) is 4.43. The number of rotatable bonds is 9. The number of hydrogen-bond donors (Lipinski definition) is 4. The van der Waals surface area contributed by atoms with E-state index in [1.165, 1.54) is 0 Å². The maximum Gasteiger partial charge on any atom is 0.113 e. The summed E-state index contributed by atoms with van der Waals surface area (Å²) >= 11 is 6.42. The average Bonchev–Trinajstić information content (AvgIpc) is 3.63. The Balaban J connectivity index is 1.36. The quantitative estimate of drug-likeness (QED) is 0.411. The van der Waals surface area contributed by atoms with E-state index in [-0.39, 0.29) is 6.10 Å². The lowest BCUT2D eigenvalue weighted by atomic mass is 9.89. The Morgan fingerprint density at radius 2 is 1.81 bits per heavy atom. The van der Waals surface area contributed by atoms with Crippen LogP contribution in [-0.2, 0) is 20.6 Å². The van der Waals surface area contributed by atoms with Gasteiger partial charge in [-0.05, 0) is 48.4 Å². The number of halogens is 1. The zero-order valence-electron chi connectivity index (χ0n) is 17.8. The van der Waals surface area contributed by atoms with Gasteiger partial charge < -0.3 is 34.6 Å². The van der Waals surface area contributed by atoms with Crippen molar-refractivity contribution in [1.29, 1.82) is 0 Å². The molecule has 8 heteroatoms. The third kappa shape index (κ3) is 5.79. The van der Waals surface area contributed by atoms with E-state index in [4.69, 9.17) is 25.8 Å². The molecule has 176 valence electrons. The van der Waals surface area contributed by atoms with Gasteiger partial charge in [-0.3, -0.25) is 0 Å². The highest BCUT2D eigenvalue weighted by Crippen LogP contribution is 2.34. The number of hydrogen-bond acceptors (Lipinski definition) is 7. The van der Waals surface area contributed by atoms with E-state index in [1.807, 2.05) is 18.2 Å². The summed E-state index contributed by atoms with van der Waals surface area (Å²) < 4.78 is 17.1. The Bertz CT molecular complexity index is 836. The van der Waals surface area contributed by atoms with Gasteiger partial charge in [0.05, 0.1) is 32.0 Å². The van der Waals surface area contributed by atoms with Crippen molar-refractivity contribution < 1.29 is 34.6 Å². The van der Waals surface area contributed by atoms with Gasteiger partial charge in [0, 0.05) is 5.02 Å². The fourth-order valence-corrected chi connectivity index (χ4v) is 4.24. The maximum absolute atomic E-state index is 10.4. The topological polar surface area (TPSA) is 109 Å². The van der Waals surface area contributed by atoms with Crippen LogP contribution in [0.3, 0.4) is 0 Å². The zero-order valence-corrected chi connectivity index (χ0v) is 18.6. The highest BCUT2D eigenvalue weighted by molar-refractivity contribution is 6.31. The van der Waals surface area contributed by atoms with Crippen molar-refractivity contribution in [3.63, 3.8) is 0 Å². The maximum atomic E-state index is 10.4. The first kappa shape index (κ1) is 23.9. The molecule has 1 aromatic carbocycles. The van der Waals surface area contributed by atoms with Crippen LogP contribution in [0.5, 0.6) is 0 Å². The largest absolute Gasteiger partial charge is 0.394 e. The van der Waals surface area contributed by atoms with E-state index in [0.29, 0.717) is 36.3 Å². The van der Waals surface area contributed by atoms with E-state index in [2.05, 4.69) is 6.08 Å². The number of allylic oxidation sites excluding steroid dienone is 2. The van der Waals surface area contributed by atoms with Crippen LogP contribution in [-0.4, -0.2) is 76.9 Å². The molecule has 0 amide bonds. The summed E-state index contributed by atoms with van der Waals surface area (Å²) in [4.78, 5) is 0. The van der Waals surface area contributed by atoms with Gasteiger partial charge in [-0.2, -0.15) is 0 Å². The van der Waals surface area contributed by atoms with Crippen LogP contribution >= 0.6 is 11.6 Å². The normalized spacial score (nSPS) is 32.7. The van der Waals surface area contributed by atoms with Crippen molar-refractivity contribution in [2.75, 3.05) is 19.8 Å². The SMILES string of the molecule is OCC1OC(c2ccc(Cl)c(CC3=CCC(OCCOC4CC4)C=C3)c2)[C@H](O)C(O)[C@@H]1O. The van der Waals surface area contributed by atoms with Crippen LogP contribution < -0.4 is 0 Å². The minimum atomic E-state index is -1.42. The fourth-order valence-electron chi connectivity index (χ4n) is 4.05. The van der Waals surface area contributed by atoms with Gasteiger partial charge in [0.25, 0.3) is 0 Å². The molecule has 2 fully saturated rings. The lowest BCUT2D eigenvalue weighted by Crippen LogP contribution is -2.55. The molecule has 4 rings (SSSR count). The molecule has 2 aliphatic carbocycles. The predicted octanol–water partition coefficient (Wildman–Crippen LogP) is 1.85. The van der Waals surface area contributed by atoms with Crippen LogP contribution in [0.15, 0.2) is 42.0 Å². The van der Waals surface area contributed by atoms with Crippen LogP contribution in [0.25, 0.3) is 0 Å². The highest BCUT2D eigenvalue weighted by atomic mass is 35.5. The molecule has 1 aromatic rings. The lowest BCUT2D eigenvalue weighted by Gasteiger charge is -2.40. The Labute approximate surface area is 192 Å². The first-order valence-electron chi connectivity index (χ1n) is 11.2. The third-order valence-corrected chi connectivity index (χ3v) is 6.48. The number of ether oxygens (including phenoxy) is 3. The molecule has 0 bridgehead atoms. The van der Waals surface area contributed by atoms with Gasteiger partial charge in [0.2, 0.25) is 0 Å². The van der Waals surface area contributed by atoms with E-state index in [1.54, 1.807) is 12.1 Å². The average molecular weight is 467 g/mol. The van der Waals surface area contributed by atoms with Crippen molar-refractivity contribution in [2.45, 2.75) is 68.4 Å². The van der Waals surface area contributed by atoms with Gasteiger partial charge in [-0.15, -0.1) is 0 Å². The van der Waals surface area contributed by atoms with Crippen molar-refractivity contribution in [2.24, 2.45) is 0 Å². The molecule has 1 aliphatic heterocycles. The molecule has 4 N–H and O–H groups in total. The molecule has 0 radical (unpaired) electrons. The molecular formula is C24H31ClO7. The standard InChI is InChI=1S/C24H31ClO7/c25-19-8-3-15(24-23(29)22(28)21(27)20(13-26)32-24)12-16(19)11-14-1-4-17(5-2-14)30-9-10-31-18-6-7-18/h1-4,8,12,17-18,20-24,26-29H,5-7,9-11,13H2/t17?,20?,21-,22?,23-,24?/m1/s1. The van der Waals surface area contributed by atoms with E-state index >= 15 is 0 Å². The van der Waals surface area contributed by atoms with Crippen LogP contribution in [0.4, 0.5) is 0 Å². The second-order valence-corrected chi connectivity index (χ2v) is 9.04. The van der Waals surface area contributed by atoms with Crippen LogP contribution in [0.1, 0.15) is 36.5 Å². The summed E-state index contributed by atoms with van der Waals surface area (Å²) in [7, 11) is 0. The van der Waals surface area contributed by atoms with E-state index in [0.717, 1.165) is 30.4 Å². The van der Waals surface area contributed by atoms with Crippen LogP contribution in [0.2, 0.25) is 5.02 Å². The molecule has 6 atom stereocenters. The minimum absolute atomic E-state index is 0.0393. The smallest absolute Gasteiger partial charge is 0.113 e. The second-order valence-electron chi connectivity index (χ2n) is 8.63. The Hall–Kier alpha value is -1.29. The Morgan fingerprint density at radius 3 is 2.50 bits per heavy atom. The number of aliphatic hydroxyl groups is 4. The van der Waals surface area contributed by atoms with Gasteiger partial charge >= 0.3 is 0 Å². The van der Waals surface area contributed by atoms with Gasteiger partial charge in [-0.25, -0.2) is 0 Å². The first-order chi connectivity index (χ1) is 15.5. The molecule has 1 saturated heterocycles. The van der Waals surface area contributed by atoms with E-state index in [9.17, 15) is 20.4 Å². The Kier molecular flexibility index (Phi) is 8.02. The summed E-state index contributed by atoms with van der Waals surface area (Å²) in [5.41, 5.74) is 2.58. The monoisotopic (exact) mass is 466 g/mol. The molecular weight excluding hydrogens is 436 g/mol. The summed E-state index contributed by atoms with van der Waals surface area (Å²) in [5, 5.41) is 40.5. The molecule has 1 heterocycles. The minimum Gasteiger partial charge on any atom is -0.394 e. The molecule has 32 heavy (non-hydrogen) atoms. The summed E-state index contributed by atoms with van der Waals surface area (Å²) in [5.74, 6) is 0. The predicted molar refractivity (Wildman–Crippen MR) is 118 cm³/mol. The van der Waals surface area contributed by atoms with E-state index < -0.39 is 37.1 Å². The lowest BCUT2D eigenvalue weighted by molar-refractivity contribution is -0.231. The second kappa shape index (κ2) is 10.8. The van der Waals surface area contributed by atoms with Crippen molar-refractivity contribution in [1.82, 2.24) is 0 Å². The van der Waals surface area contributed by atoms with Crippen molar-refractivity contribution in [3.05, 3.63) is 58.1 Å². The first-order valence-corrected chi connectivity index (χ1v) is 11.5. The van der Waals surface area contributed by atoms with Crippen LogP contribution in [0, 0.1) is 0 Å². The molecule has 3 aliphatic rings. The van der Waals surface area contributed by atoms with Crippen molar-refractivity contribution >= 4 is 11.6 Å². The molecule has 0 spiro atoms. The highest BCUT2D eigenvalue weighted by Gasteiger charge is 2.44. The fraction of sp³-hybridized carbons (Fsp3) is 0.583. The van der Waals surface area contributed by atoms with Gasteiger partial charge in [0.15, 0.2) is 0 Å². The summed E-state index contributed by atoms with van der Waals surface area (Å²) in [6.45, 7) is 0.753. The summed E-state index contributed by atoms with van der Waals surface area (Å²) in [6, 6.07) is 5.28. The molecule has 0 aromatic heterocycles. The molecule has 1 saturated carbocycles. The molecule has 4 unspecified atom stereocenters.